The van der Waals surface area contributed by atoms with Gasteiger partial charge in [0.1, 0.15) is 5.75 Å². The normalized spacial score (nSPS) is 19.7. The van der Waals surface area contributed by atoms with Gasteiger partial charge in [-0.05, 0) is 66.6 Å². The van der Waals surface area contributed by atoms with Crippen molar-refractivity contribution in [3.05, 3.63) is 53.1 Å². The Morgan fingerprint density at radius 1 is 1.15 bits per heavy atom. The second-order valence-electron chi connectivity index (χ2n) is 10.7. The highest BCUT2D eigenvalue weighted by Gasteiger charge is 2.63. The molecule has 1 saturated carbocycles. The highest BCUT2D eigenvalue weighted by molar-refractivity contribution is 7.88. The number of aromatic nitrogens is 1. The highest BCUT2D eigenvalue weighted by Crippen LogP contribution is 2.65. The summed E-state index contributed by atoms with van der Waals surface area (Å²) in [5.74, 6) is -0.808. The Balaban J connectivity index is 1.82. The average molecular weight is 554 g/mol. The summed E-state index contributed by atoms with van der Waals surface area (Å²) in [4.78, 5) is 25.6. The molecular formula is C29H35N3O6S. The number of fused-ring (bicyclic) bond motifs is 7. The number of amides is 1. The van der Waals surface area contributed by atoms with E-state index in [2.05, 4.69) is 23.1 Å². The summed E-state index contributed by atoms with van der Waals surface area (Å²) in [6.45, 7) is 4.59. The van der Waals surface area contributed by atoms with Gasteiger partial charge in [-0.25, -0.2) is 9.44 Å². The smallest absolute Gasteiger partial charge is 0.312 e. The molecular weight excluding hydrogens is 518 g/mol. The summed E-state index contributed by atoms with van der Waals surface area (Å²) in [6.07, 6.45) is 4.46. The number of hydrogen-bond acceptors (Lipinski definition) is 5. The number of carboxylic acid groups (broad SMARTS) is 1. The predicted octanol–water partition coefficient (Wildman–Crippen LogP) is 4.77. The van der Waals surface area contributed by atoms with Gasteiger partial charge in [-0.15, -0.1) is 0 Å². The molecule has 1 aromatic heterocycles. The number of carbonyl (C=O) groups excluding carboxylic acids is 1. The van der Waals surface area contributed by atoms with Gasteiger partial charge in [0.15, 0.2) is 0 Å². The van der Waals surface area contributed by atoms with E-state index in [4.69, 9.17) is 4.74 Å². The molecule has 0 bridgehead atoms. The number of carbonyl (C=O) groups is 2. The topological polar surface area (TPSA) is 127 Å². The second-order valence-corrected chi connectivity index (χ2v) is 12.3. The predicted molar refractivity (Wildman–Crippen MR) is 149 cm³/mol. The molecule has 2 unspecified atom stereocenters. The fourth-order valence-electron chi connectivity index (χ4n) is 6.39. The zero-order valence-corrected chi connectivity index (χ0v) is 23.5. The zero-order valence-electron chi connectivity index (χ0n) is 22.7. The first kappa shape index (κ1) is 27.2. The zero-order chi connectivity index (χ0) is 28.1. The van der Waals surface area contributed by atoms with Crippen molar-refractivity contribution in [2.45, 2.75) is 64.3 Å². The maximum atomic E-state index is 12.9. The van der Waals surface area contributed by atoms with Gasteiger partial charge in [-0.1, -0.05) is 32.8 Å². The van der Waals surface area contributed by atoms with Crippen molar-refractivity contribution in [3.63, 3.8) is 0 Å². The molecule has 208 valence electrons. The number of nitrogens with zero attached hydrogens (tertiary/aromatic N) is 1. The molecule has 3 aromatic rings. The van der Waals surface area contributed by atoms with Crippen LogP contribution in [0.1, 0.15) is 79.3 Å². The van der Waals surface area contributed by atoms with E-state index in [-0.39, 0.29) is 23.9 Å². The lowest BCUT2D eigenvalue weighted by Crippen LogP contribution is -2.38. The lowest BCUT2D eigenvalue weighted by molar-refractivity contribution is -0.144. The lowest BCUT2D eigenvalue weighted by Gasteiger charge is -2.20. The summed E-state index contributed by atoms with van der Waals surface area (Å²) >= 11 is 0. The van der Waals surface area contributed by atoms with E-state index in [0.717, 1.165) is 59.0 Å². The summed E-state index contributed by atoms with van der Waals surface area (Å²) in [5, 5.41) is 11.4. The second kappa shape index (κ2) is 9.98. The molecule has 2 aliphatic rings. The molecule has 1 aliphatic heterocycles. The van der Waals surface area contributed by atoms with E-state index in [1.807, 2.05) is 29.0 Å². The summed E-state index contributed by atoms with van der Waals surface area (Å²) < 4.78 is 35.7. The van der Waals surface area contributed by atoms with Crippen LogP contribution in [0.15, 0.2) is 36.4 Å². The van der Waals surface area contributed by atoms with Gasteiger partial charge in [-0.3, -0.25) is 9.59 Å². The van der Waals surface area contributed by atoms with Crippen molar-refractivity contribution >= 4 is 33.0 Å². The van der Waals surface area contributed by atoms with Gasteiger partial charge in [0.2, 0.25) is 0 Å². The molecule has 2 heterocycles. The molecule has 3 N–H and O–H groups in total. The number of benzene rings is 2. The van der Waals surface area contributed by atoms with E-state index in [1.54, 1.807) is 19.2 Å². The molecule has 0 spiro atoms. The maximum Gasteiger partial charge on any atom is 0.312 e. The molecule has 39 heavy (non-hydrogen) atoms. The lowest BCUT2D eigenvalue weighted by atomic mass is 9.85. The van der Waals surface area contributed by atoms with Gasteiger partial charge in [0.25, 0.3) is 5.91 Å². The summed E-state index contributed by atoms with van der Waals surface area (Å²) in [6, 6.07) is 11.1. The van der Waals surface area contributed by atoms with Gasteiger partial charge >= 0.3 is 16.2 Å². The minimum Gasteiger partial charge on any atom is -0.497 e. The minimum atomic E-state index is -3.98. The third-order valence-electron chi connectivity index (χ3n) is 8.37. The third kappa shape index (κ3) is 4.49. The monoisotopic (exact) mass is 553 g/mol. The van der Waals surface area contributed by atoms with Crippen molar-refractivity contribution in [1.29, 1.82) is 0 Å². The molecule has 2 aromatic carbocycles. The van der Waals surface area contributed by atoms with Crippen LogP contribution in [0.4, 0.5) is 0 Å². The first-order valence-electron chi connectivity index (χ1n) is 13.4. The number of nitrogens with one attached hydrogen (secondary N) is 2. The maximum absolute atomic E-state index is 12.9. The standard InChI is InChI=1S/C29H35N3O6S/c1-5-7-17(8-6-2)25-21-11-9-18(27(33)31-39(36,37)30-3)13-24(21)32-16-29(28(34)35)15-23(29)22-14-19(38-4)10-12-20(22)26(25)32/h9-14,17,23,30H,5-8,15-16H2,1-4H3,(H,31,33)(H,34,35). The Morgan fingerprint density at radius 3 is 2.49 bits per heavy atom. The van der Waals surface area contributed by atoms with Crippen LogP contribution in [0.2, 0.25) is 0 Å². The summed E-state index contributed by atoms with van der Waals surface area (Å²) in [7, 11) is -1.15. The Morgan fingerprint density at radius 2 is 1.87 bits per heavy atom. The van der Waals surface area contributed by atoms with Crippen molar-refractivity contribution in [2.24, 2.45) is 5.41 Å². The molecule has 9 nitrogen and oxygen atoms in total. The Bertz CT molecular complexity index is 1570. The highest BCUT2D eigenvalue weighted by atomic mass is 32.2. The van der Waals surface area contributed by atoms with Gasteiger partial charge < -0.3 is 14.4 Å². The summed E-state index contributed by atoms with van der Waals surface area (Å²) in [5.41, 5.74) is 4.08. The number of rotatable bonds is 10. The molecule has 1 aliphatic carbocycles. The fraction of sp³-hybridized carbons (Fsp3) is 0.448. The van der Waals surface area contributed by atoms with Crippen LogP contribution < -0.4 is 14.2 Å². The Kier molecular flexibility index (Phi) is 6.97. The quantitative estimate of drug-likeness (QED) is 0.332. The molecule has 1 fully saturated rings. The van der Waals surface area contributed by atoms with Crippen molar-refractivity contribution < 1.29 is 27.9 Å². The van der Waals surface area contributed by atoms with E-state index < -0.39 is 27.5 Å². The van der Waals surface area contributed by atoms with Crippen molar-refractivity contribution in [1.82, 2.24) is 14.0 Å². The van der Waals surface area contributed by atoms with Gasteiger partial charge in [0.05, 0.1) is 18.2 Å². The third-order valence-corrected chi connectivity index (χ3v) is 9.37. The first-order chi connectivity index (χ1) is 18.6. The number of hydrogen-bond donors (Lipinski definition) is 3. The fourth-order valence-corrected chi connectivity index (χ4v) is 6.86. The van der Waals surface area contributed by atoms with Crippen LogP contribution in [0, 0.1) is 5.41 Å². The largest absolute Gasteiger partial charge is 0.497 e. The van der Waals surface area contributed by atoms with Crippen LogP contribution in [0.3, 0.4) is 0 Å². The number of aliphatic carboxylic acids is 1. The van der Waals surface area contributed by atoms with E-state index in [1.165, 1.54) is 7.05 Å². The van der Waals surface area contributed by atoms with Crippen LogP contribution in [-0.2, 0) is 21.5 Å². The average Bonchev–Trinajstić information content (AvgIpc) is 3.59. The van der Waals surface area contributed by atoms with E-state index >= 15 is 0 Å². The number of carboxylic acids is 1. The molecule has 10 heteroatoms. The molecule has 0 radical (unpaired) electrons. The molecule has 5 rings (SSSR count). The van der Waals surface area contributed by atoms with E-state index in [0.29, 0.717) is 12.2 Å². The van der Waals surface area contributed by atoms with Crippen LogP contribution in [-0.4, -0.2) is 44.1 Å². The van der Waals surface area contributed by atoms with Crippen molar-refractivity contribution in [3.8, 4) is 17.0 Å². The Hall–Kier alpha value is -3.37. The van der Waals surface area contributed by atoms with E-state index in [9.17, 15) is 23.1 Å². The van der Waals surface area contributed by atoms with Crippen molar-refractivity contribution in [2.75, 3.05) is 14.2 Å². The van der Waals surface area contributed by atoms with Crippen LogP contribution in [0.25, 0.3) is 22.2 Å². The minimum absolute atomic E-state index is 0.147. The van der Waals surface area contributed by atoms with Crippen LogP contribution >= 0.6 is 0 Å². The molecule has 0 saturated heterocycles. The number of methoxy groups -OCH3 is 1. The molecule has 1 amide bonds. The SMILES string of the molecule is CCCC(CCC)c1c2n(c3cc(C(=O)NS(=O)(=O)NC)ccc13)CC1(C(=O)O)CC1c1cc(OC)ccc1-2. The first-order valence-corrected chi connectivity index (χ1v) is 14.9. The van der Waals surface area contributed by atoms with Crippen LogP contribution in [0.5, 0.6) is 5.75 Å². The van der Waals surface area contributed by atoms with Gasteiger partial charge in [-0.2, -0.15) is 8.42 Å². The Labute approximate surface area is 228 Å². The number of ether oxygens (including phenoxy) is 1. The molecule has 2 atom stereocenters. The van der Waals surface area contributed by atoms with Gasteiger partial charge in [0, 0.05) is 41.5 Å².